The zero-order chi connectivity index (χ0) is 17.3. The van der Waals surface area contributed by atoms with Crippen LogP contribution in [0.4, 0.5) is 0 Å². The zero-order valence-corrected chi connectivity index (χ0v) is 17.8. The van der Waals surface area contributed by atoms with Crippen LogP contribution in [-0.4, -0.2) is 71.1 Å². The summed E-state index contributed by atoms with van der Waals surface area (Å²) in [6, 6.07) is 5.50. The summed E-state index contributed by atoms with van der Waals surface area (Å²) in [7, 11) is 1.91. The molecule has 2 heterocycles. The number of nitrogens with zero attached hydrogens (tertiary/aromatic N) is 2. The van der Waals surface area contributed by atoms with E-state index in [1.165, 1.54) is 0 Å². The Bertz CT molecular complexity index is 927. The molecule has 0 aliphatic heterocycles. The fourth-order valence-corrected chi connectivity index (χ4v) is 3.71. The molecule has 0 bridgehead atoms. The van der Waals surface area contributed by atoms with Gasteiger partial charge in [0, 0.05) is 23.4 Å². The predicted octanol–water partition coefficient (Wildman–Crippen LogP) is 2.52. The van der Waals surface area contributed by atoms with E-state index in [2.05, 4.69) is 15.0 Å². The topological polar surface area (TPSA) is 77.1 Å². The van der Waals surface area contributed by atoms with Crippen LogP contribution < -0.4 is 9.47 Å². The molecule has 1 N–H and O–H groups in total. The van der Waals surface area contributed by atoms with Crippen molar-refractivity contribution in [2.75, 3.05) is 14.2 Å². The molecule has 0 spiro atoms. The second kappa shape index (κ2) is 8.49. The Morgan fingerprint density at radius 1 is 1.20 bits per heavy atom. The van der Waals surface area contributed by atoms with Crippen LogP contribution in [0.15, 0.2) is 29.6 Å². The first-order valence-electron chi connectivity index (χ1n) is 7.44. The molecule has 25 heavy (non-hydrogen) atoms. The summed E-state index contributed by atoms with van der Waals surface area (Å²) in [6.07, 6.45) is 1.74. The number of benzene rings is 1. The van der Waals surface area contributed by atoms with Gasteiger partial charge in [0.05, 0.1) is 47.5 Å². The first-order valence-corrected chi connectivity index (χ1v) is 8.76. The summed E-state index contributed by atoms with van der Waals surface area (Å²) < 4.78 is 23.3. The Kier molecular flexibility index (Phi) is 6.85. The Balaban J connectivity index is 0.00000225. The van der Waals surface area contributed by atoms with E-state index in [0.717, 1.165) is 39.4 Å². The van der Waals surface area contributed by atoms with Crippen LogP contribution in [0.5, 0.6) is 11.5 Å². The first-order chi connectivity index (χ1) is 11.5. The van der Waals surface area contributed by atoms with Crippen molar-refractivity contribution in [2.24, 2.45) is 0 Å². The first kappa shape index (κ1) is 20.2. The van der Waals surface area contributed by atoms with E-state index in [-0.39, 0.29) is 43.5 Å². The van der Waals surface area contributed by atoms with Gasteiger partial charge in [-0.05, 0) is 26.0 Å². The van der Waals surface area contributed by atoms with Crippen LogP contribution in [0.25, 0.3) is 11.0 Å². The molecule has 0 aliphatic rings. The number of hydrogen-bond acceptors (Lipinski definition) is 5. The van der Waals surface area contributed by atoms with Gasteiger partial charge in [0.15, 0.2) is 5.16 Å². The standard InChI is InChI=1S/C17H19N3O3S.Ca/c1-10-8-18-15(11(2)16(10)23-4)9-24(21)17-19-13-6-5-12(22-3)7-14(13)20-17;/h5-8H,9H2,1-4H3,(H,19,20);/q;+2. The summed E-state index contributed by atoms with van der Waals surface area (Å²) in [5.41, 5.74) is 4.16. The van der Waals surface area contributed by atoms with E-state index in [4.69, 9.17) is 9.47 Å². The van der Waals surface area contributed by atoms with Crippen LogP contribution in [0.2, 0.25) is 0 Å². The van der Waals surface area contributed by atoms with Crippen LogP contribution in [0.3, 0.4) is 0 Å². The number of rotatable bonds is 5. The molecule has 1 unspecified atom stereocenters. The van der Waals surface area contributed by atoms with Gasteiger partial charge in [-0.1, -0.05) is 0 Å². The molecule has 1 atom stereocenters. The molecule has 1 aromatic carbocycles. The third-order valence-corrected chi connectivity index (χ3v) is 5.06. The smallest absolute Gasteiger partial charge is 0.497 e. The Morgan fingerprint density at radius 2 is 1.96 bits per heavy atom. The van der Waals surface area contributed by atoms with Gasteiger partial charge in [0.1, 0.15) is 11.5 Å². The fourth-order valence-electron chi connectivity index (χ4n) is 2.61. The summed E-state index contributed by atoms with van der Waals surface area (Å²) >= 11 is 0. The second-order valence-corrected chi connectivity index (χ2v) is 6.83. The van der Waals surface area contributed by atoms with Gasteiger partial charge in [-0.25, -0.2) is 4.98 Å². The van der Waals surface area contributed by atoms with Gasteiger partial charge in [-0.3, -0.25) is 9.19 Å². The Morgan fingerprint density at radius 3 is 2.64 bits per heavy atom. The number of H-pyrrole nitrogens is 1. The van der Waals surface area contributed by atoms with E-state index in [9.17, 15) is 4.21 Å². The maximum Gasteiger partial charge on any atom is 2.00 e. The van der Waals surface area contributed by atoms with E-state index in [0.29, 0.717) is 5.16 Å². The zero-order valence-electron chi connectivity index (χ0n) is 14.8. The third-order valence-electron chi connectivity index (χ3n) is 3.90. The van der Waals surface area contributed by atoms with Crippen molar-refractivity contribution >= 4 is 59.6 Å². The van der Waals surface area contributed by atoms with Crippen molar-refractivity contribution in [3.63, 3.8) is 0 Å². The van der Waals surface area contributed by atoms with Gasteiger partial charge in [0.2, 0.25) is 0 Å². The summed E-state index contributed by atoms with van der Waals surface area (Å²) in [5, 5.41) is 0.430. The molecule has 126 valence electrons. The predicted molar refractivity (Wildman–Crippen MR) is 98.8 cm³/mol. The van der Waals surface area contributed by atoms with Gasteiger partial charge in [0.25, 0.3) is 0 Å². The molecule has 0 saturated carbocycles. The number of nitrogens with one attached hydrogen (secondary N) is 1. The Labute approximate surface area is 178 Å². The number of fused-ring (bicyclic) bond motifs is 1. The Hall–Kier alpha value is -1.15. The van der Waals surface area contributed by atoms with E-state index >= 15 is 0 Å². The van der Waals surface area contributed by atoms with Gasteiger partial charge >= 0.3 is 37.7 Å². The largest absolute Gasteiger partial charge is 2.00 e. The number of aryl methyl sites for hydroxylation is 1. The average molecular weight is 386 g/mol. The summed E-state index contributed by atoms with van der Waals surface area (Å²) in [4.78, 5) is 11.9. The third kappa shape index (κ3) is 4.16. The number of hydrogen-bond donors (Lipinski definition) is 1. The van der Waals surface area contributed by atoms with Crippen LogP contribution >= 0.6 is 0 Å². The van der Waals surface area contributed by atoms with Crippen molar-refractivity contribution in [1.82, 2.24) is 15.0 Å². The van der Waals surface area contributed by atoms with Crippen molar-refractivity contribution in [3.8, 4) is 11.5 Å². The quantitative estimate of drug-likeness (QED) is 0.683. The number of pyridine rings is 1. The molecule has 8 heteroatoms. The number of aromatic nitrogens is 3. The molecular weight excluding hydrogens is 366 g/mol. The maximum absolute atomic E-state index is 12.7. The molecule has 0 aliphatic carbocycles. The molecule has 0 saturated heterocycles. The summed E-state index contributed by atoms with van der Waals surface area (Å²) in [5.74, 6) is 1.79. The molecule has 6 nitrogen and oxygen atoms in total. The van der Waals surface area contributed by atoms with Crippen molar-refractivity contribution < 1.29 is 13.7 Å². The fraction of sp³-hybridized carbons (Fsp3) is 0.294. The van der Waals surface area contributed by atoms with Gasteiger partial charge in [-0.2, -0.15) is 0 Å². The SMILES string of the molecule is COc1ccc2nc(S(=O)Cc3ncc(C)c(OC)c3C)[nH]c2c1.[Ca+2]. The number of imidazole rings is 1. The van der Waals surface area contributed by atoms with Crippen molar-refractivity contribution in [2.45, 2.75) is 24.8 Å². The molecule has 0 fully saturated rings. The van der Waals surface area contributed by atoms with Crippen molar-refractivity contribution in [3.05, 3.63) is 41.2 Å². The summed E-state index contributed by atoms with van der Waals surface area (Å²) in [6.45, 7) is 3.86. The molecule has 0 amide bonds. The average Bonchev–Trinajstić information content (AvgIpc) is 3.01. The van der Waals surface area contributed by atoms with Crippen LogP contribution in [-0.2, 0) is 16.6 Å². The van der Waals surface area contributed by atoms with Gasteiger partial charge in [-0.15, -0.1) is 0 Å². The van der Waals surface area contributed by atoms with E-state index < -0.39 is 10.8 Å². The van der Waals surface area contributed by atoms with E-state index in [1.807, 2.05) is 32.0 Å². The van der Waals surface area contributed by atoms with Gasteiger partial charge < -0.3 is 14.5 Å². The number of methoxy groups -OCH3 is 2. The minimum Gasteiger partial charge on any atom is -0.497 e. The molecule has 3 aromatic rings. The molecule has 3 rings (SSSR count). The minimum atomic E-state index is -1.33. The van der Waals surface area contributed by atoms with E-state index in [1.54, 1.807) is 20.4 Å². The minimum absolute atomic E-state index is 0. The monoisotopic (exact) mass is 385 g/mol. The second-order valence-electron chi connectivity index (χ2n) is 5.46. The normalized spacial score (nSPS) is 11.8. The number of ether oxygens (including phenoxy) is 2. The molecule has 0 radical (unpaired) electrons. The van der Waals surface area contributed by atoms with Crippen molar-refractivity contribution in [1.29, 1.82) is 0 Å². The van der Waals surface area contributed by atoms with Crippen LogP contribution in [0.1, 0.15) is 16.8 Å². The number of aromatic amines is 1. The molecule has 2 aromatic heterocycles. The molecular formula is C17H19CaN3O3S+2. The maximum atomic E-state index is 12.7. The van der Waals surface area contributed by atoms with Crippen LogP contribution in [0, 0.1) is 13.8 Å².